The van der Waals surface area contributed by atoms with Gasteiger partial charge in [0.15, 0.2) is 0 Å². The summed E-state index contributed by atoms with van der Waals surface area (Å²) >= 11 is 9.68. The fourth-order valence-corrected chi connectivity index (χ4v) is 4.55. The third kappa shape index (κ3) is 3.06. The zero-order valence-electron chi connectivity index (χ0n) is 8.23. The topological polar surface area (TPSA) is 20.2 Å². The van der Waals surface area contributed by atoms with Gasteiger partial charge < -0.3 is 5.11 Å². The van der Waals surface area contributed by atoms with Gasteiger partial charge in [-0.1, -0.05) is 23.7 Å². The van der Waals surface area contributed by atoms with Gasteiger partial charge in [0.25, 0.3) is 0 Å². The molecule has 1 nitrogen and oxygen atoms in total. The Morgan fingerprint density at radius 2 is 2.27 bits per heavy atom. The molecule has 1 aliphatic rings. The summed E-state index contributed by atoms with van der Waals surface area (Å²) in [4.78, 5) is 0. The second kappa shape index (κ2) is 5.48. The van der Waals surface area contributed by atoms with E-state index in [1.807, 2.05) is 47.8 Å². The van der Waals surface area contributed by atoms with Crippen LogP contribution in [0.1, 0.15) is 11.7 Å². The first-order valence-electron chi connectivity index (χ1n) is 4.90. The van der Waals surface area contributed by atoms with Crippen molar-refractivity contribution in [1.29, 1.82) is 0 Å². The number of hydrogen-bond donors (Lipinski definition) is 1. The molecule has 2 atom stereocenters. The van der Waals surface area contributed by atoms with Crippen LogP contribution in [0.5, 0.6) is 0 Å². The minimum Gasteiger partial charge on any atom is -0.387 e. The van der Waals surface area contributed by atoms with E-state index in [0.29, 0.717) is 10.3 Å². The van der Waals surface area contributed by atoms with E-state index in [9.17, 15) is 5.11 Å². The Labute approximate surface area is 104 Å². The number of halogens is 1. The summed E-state index contributed by atoms with van der Waals surface area (Å²) in [5.41, 5.74) is 0.933. The van der Waals surface area contributed by atoms with Crippen LogP contribution in [0.15, 0.2) is 24.3 Å². The lowest BCUT2D eigenvalue weighted by atomic mass is 10.1. The molecule has 0 aliphatic carbocycles. The highest BCUT2D eigenvalue weighted by atomic mass is 35.5. The summed E-state index contributed by atoms with van der Waals surface area (Å²) in [5, 5.41) is 11.2. The zero-order valence-corrected chi connectivity index (χ0v) is 10.6. The van der Waals surface area contributed by atoms with Crippen molar-refractivity contribution in [2.24, 2.45) is 0 Å². The maximum absolute atomic E-state index is 10.2. The molecule has 1 N–H and O–H groups in total. The minimum atomic E-state index is -0.388. The summed E-state index contributed by atoms with van der Waals surface area (Å²) in [7, 11) is 0. The molecular formula is C11H13ClOS2. The van der Waals surface area contributed by atoms with Crippen molar-refractivity contribution in [2.75, 3.05) is 17.3 Å². The first-order valence-corrected chi connectivity index (χ1v) is 7.48. The predicted molar refractivity (Wildman–Crippen MR) is 70.0 cm³/mol. The van der Waals surface area contributed by atoms with E-state index < -0.39 is 0 Å². The Kier molecular flexibility index (Phi) is 4.26. The van der Waals surface area contributed by atoms with Gasteiger partial charge in [-0.05, 0) is 17.7 Å². The van der Waals surface area contributed by atoms with Crippen molar-refractivity contribution in [1.82, 2.24) is 0 Å². The molecule has 1 aliphatic heterocycles. The second-order valence-electron chi connectivity index (χ2n) is 3.48. The molecule has 1 aromatic carbocycles. The van der Waals surface area contributed by atoms with E-state index in [1.54, 1.807) is 0 Å². The highest BCUT2D eigenvalue weighted by molar-refractivity contribution is 8.06. The van der Waals surface area contributed by atoms with Gasteiger partial charge >= 0.3 is 0 Å². The molecule has 4 heteroatoms. The van der Waals surface area contributed by atoms with Crippen molar-refractivity contribution >= 4 is 35.1 Å². The molecule has 15 heavy (non-hydrogen) atoms. The van der Waals surface area contributed by atoms with Crippen molar-refractivity contribution < 1.29 is 5.11 Å². The molecule has 0 aromatic heterocycles. The average molecular weight is 261 g/mol. The number of rotatable bonds is 2. The van der Waals surface area contributed by atoms with E-state index in [2.05, 4.69) is 0 Å². The summed E-state index contributed by atoms with van der Waals surface area (Å²) in [5.74, 6) is 3.36. The van der Waals surface area contributed by atoms with Crippen LogP contribution < -0.4 is 0 Å². The molecule has 1 aromatic rings. The maximum Gasteiger partial charge on any atom is 0.0917 e. The normalized spacial score (nSPS) is 23.7. The van der Waals surface area contributed by atoms with E-state index in [4.69, 9.17) is 11.6 Å². The molecular weight excluding hydrogens is 248 g/mol. The predicted octanol–water partition coefficient (Wildman–Crippen LogP) is 3.22. The number of aliphatic hydroxyl groups is 1. The molecule has 1 heterocycles. The Morgan fingerprint density at radius 1 is 1.40 bits per heavy atom. The SMILES string of the molecule is OC(c1cccc(Cl)c1)C1CSCCS1. The Balaban J connectivity index is 2.08. The number of aliphatic hydroxyl groups excluding tert-OH is 1. The van der Waals surface area contributed by atoms with Gasteiger partial charge in [-0.2, -0.15) is 23.5 Å². The van der Waals surface area contributed by atoms with Crippen LogP contribution >= 0.6 is 35.1 Å². The molecule has 0 bridgehead atoms. The van der Waals surface area contributed by atoms with Gasteiger partial charge in [-0.25, -0.2) is 0 Å². The summed E-state index contributed by atoms with van der Waals surface area (Å²) in [6.45, 7) is 0. The number of hydrogen-bond acceptors (Lipinski definition) is 3. The van der Waals surface area contributed by atoms with Gasteiger partial charge in [-0.15, -0.1) is 0 Å². The largest absolute Gasteiger partial charge is 0.387 e. The van der Waals surface area contributed by atoms with Crippen LogP contribution in [0.3, 0.4) is 0 Å². The molecule has 82 valence electrons. The number of thioether (sulfide) groups is 2. The standard InChI is InChI=1S/C11H13ClOS2/c12-9-3-1-2-8(6-9)11(13)10-7-14-4-5-15-10/h1-3,6,10-11,13H,4-5,7H2. The van der Waals surface area contributed by atoms with E-state index >= 15 is 0 Å². The third-order valence-corrected chi connectivity index (χ3v) is 5.47. The van der Waals surface area contributed by atoms with Crippen molar-refractivity contribution in [2.45, 2.75) is 11.4 Å². The van der Waals surface area contributed by atoms with Crippen molar-refractivity contribution in [3.8, 4) is 0 Å². The van der Waals surface area contributed by atoms with Crippen LogP contribution in [-0.4, -0.2) is 27.6 Å². The number of benzene rings is 1. The lowest BCUT2D eigenvalue weighted by molar-refractivity contribution is 0.180. The Hall–Kier alpha value is 0.170. The molecule has 0 saturated carbocycles. The first-order chi connectivity index (χ1) is 7.27. The summed E-state index contributed by atoms with van der Waals surface area (Å²) in [6, 6.07) is 7.52. The van der Waals surface area contributed by atoms with Crippen LogP contribution in [0.4, 0.5) is 0 Å². The van der Waals surface area contributed by atoms with Crippen LogP contribution in [0.2, 0.25) is 5.02 Å². The fraction of sp³-hybridized carbons (Fsp3) is 0.455. The first kappa shape index (κ1) is 11.6. The fourth-order valence-electron chi connectivity index (χ4n) is 1.59. The van der Waals surface area contributed by atoms with Crippen molar-refractivity contribution in [3.05, 3.63) is 34.9 Å². The van der Waals surface area contributed by atoms with Gasteiger partial charge in [0.1, 0.15) is 0 Å². The molecule has 2 unspecified atom stereocenters. The molecule has 0 spiro atoms. The van der Waals surface area contributed by atoms with E-state index in [1.165, 1.54) is 5.75 Å². The van der Waals surface area contributed by atoms with Gasteiger partial charge in [0.2, 0.25) is 0 Å². The van der Waals surface area contributed by atoms with Gasteiger partial charge in [0.05, 0.1) is 6.10 Å². The summed E-state index contributed by atoms with van der Waals surface area (Å²) < 4.78 is 0. The van der Waals surface area contributed by atoms with Crippen LogP contribution in [0, 0.1) is 0 Å². The van der Waals surface area contributed by atoms with Gasteiger partial charge in [0, 0.05) is 27.5 Å². The van der Waals surface area contributed by atoms with Crippen LogP contribution in [0.25, 0.3) is 0 Å². The Morgan fingerprint density at radius 3 is 2.93 bits per heavy atom. The molecule has 1 saturated heterocycles. The third-order valence-electron chi connectivity index (χ3n) is 2.38. The highest BCUT2D eigenvalue weighted by Gasteiger charge is 2.23. The van der Waals surface area contributed by atoms with E-state index in [-0.39, 0.29) is 6.10 Å². The lowest BCUT2D eigenvalue weighted by Crippen LogP contribution is -2.22. The quantitative estimate of drug-likeness (QED) is 0.882. The molecule has 0 amide bonds. The molecule has 1 fully saturated rings. The molecule has 2 rings (SSSR count). The summed E-state index contributed by atoms with van der Waals surface area (Å²) in [6.07, 6.45) is -0.388. The zero-order chi connectivity index (χ0) is 10.7. The smallest absolute Gasteiger partial charge is 0.0917 e. The maximum atomic E-state index is 10.2. The van der Waals surface area contributed by atoms with Gasteiger partial charge in [-0.3, -0.25) is 0 Å². The lowest BCUT2D eigenvalue weighted by Gasteiger charge is -2.26. The monoisotopic (exact) mass is 260 g/mol. The minimum absolute atomic E-state index is 0.308. The average Bonchev–Trinajstić information content (AvgIpc) is 2.29. The van der Waals surface area contributed by atoms with Crippen LogP contribution in [-0.2, 0) is 0 Å². The molecule has 0 radical (unpaired) electrons. The van der Waals surface area contributed by atoms with E-state index in [0.717, 1.165) is 17.1 Å². The Bertz CT molecular complexity index is 326. The van der Waals surface area contributed by atoms with Crippen molar-refractivity contribution in [3.63, 3.8) is 0 Å². The highest BCUT2D eigenvalue weighted by Crippen LogP contribution is 2.33. The second-order valence-corrected chi connectivity index (χ2v) is 6.42.